The first-order chi connectivity index (χ1) is 10.3. The quantitative estimate of drug-likeness (QED) is 0.927. The summed E-state index contributed by atoms with van der Waals surface area (Å²) in [6.45, 7) is 7.70. The number of halogens is 1. The summed E-state index contributed by atoms with van der Waals surface area (Å²) in [4.78, 5) is 2.50. The van der Waals surface area contributed by atoms with E-state index in [2.05, 4.69) is 17.1 Å². The van der Waals surface area contributed by atoms with Crippen molar-refractivity contribution in [1.29, 1.82) is 0 Å². The molecule has 0 radical (unpaired) electrons. The molecule has 0 saturated carbocycles. The number of ether oxygens (including phenoxy) is 2. The number of nitrogens with zero attached hydrogens (tertiary/aromatic N) is 1. The zero-order valence-corrected chi connectivity index (χ0v) is 13.3. The van der Waals surface area contributed by atoms with Crippen LogP contribution in [0.4, 0.5) is 0 Å². The highest BCUT2D eigenvalue weighted by atomic mass is 35.5. The maximum atomic E-state index is 6.27. The number of hydrogen-bond donors (Lipinski definition) is 1. The van der Waals surface area contributed by atoms with Gasteiger partial charge >= 0.3 is 0 Å². The number of fused-ring (bicyclic) bond motifs is 1. The van der Waals surface area contributed by atoms with E-state index in [0.717, 1.165) is 30.9 Å². The van der Waals surface area contributed by atoms with Gasteiger partial charge in [0.25, 0.3) is 0 Å². The van der Waals surface area contributed by atoms with Crippen LogP contribution in [0.2, 0.25) is 5.02 Å². The monoisotopic (exact) mass is 310 g/mol. The molecule has 1 N–H and O–H groups in total. The van der Waals surface area contributed by atoms with Crippen molar-refractivity contribution in [2.75, 3.05) is 32.8 Å². The normalized spacial score (nSPS) is 22.3. The average Bonchev–Trinajstić information content (AvgIpc) is 2.53. The van der Waals surface area contributed by atoms with Crippen molar-refractivity contribution >= 4 is 11.6 Å². The molecule has 3 rings (SSSR count). The molecule has 1 atom stereocenters. The molecule has 0 spiro atoms. The molecule has 0 amide bonds. The van der Waals surface area contributed by atoms with E-state index in [1.54, 1.807) is 0 Å². The summed E-state index contributed by atoms with van der Waals surface area (Å²) in [6.07, 6.45) is 2.52. The van der Waals surface area contributed by atoms with E-state index in [0.29, 0.717) is 30.0 Å². The fraction of sp³-hybridized carbons (Fsp3) is 0.625. The van der Waals surface area contributed by atoms with E-state index in [9.17, 15) is 0 Å². The van der Waals surface area contributed by atoms with E-state index in [4.69, 9.17) is 21.1 Å². The molecule has 5 heteroatoms. The number of piperidine rings is 1. The molecular formula is C16H23ClN2O2. The number of benzene rings is 1. The lowest BCUT2D eigenvalue weighted by Gasteiger charge is -2.32. The Balaban J connectivity index is 1.61. The van der Waals surface area contributed by atoms with Gasteiger partial charge in [0.05, 0.1) is 5.02 Å². The fourth-order valence-corrected chi connectivity index (χ4v) is 3.33. The second-order valence-corrected chi connectivity index (χ2v) is 6.12. The van der Waals surface area contributed by atoms with Crippen LogP contribution in [-0.4, -0.2) is 43.8 Å². The molecule has 0 aromatic heterocycles. The third-order valence-electron chi connectivity index (χ3n) is 4.20. The van der Waals surface area contributed by atoms with Crippen molar-refractivity contribution in [3.63, 3.8) is 0 Å². The highest BCUT2D eigenvalue weighted by molar-refractivity contribution is 6.32. The Morgan fingerprint density at radius 2 is 2.19 bits per heavy atom. The zero-order chi connectivity index (χ0) is 14.7. The summed E-state index contributed by atoms with van der Waals surface area (Å²) >= 11 is 6.27. The Labute approximate surface area is 131 Å². The van der Waals surface area contributed by atoms with E-state index >= 15 is 0 Å². The molecule has 2 heterocycles. The summed E-state index contributed by atoms with van der Waals surface area (Å²) in [7, 11) is 0. The van der Waals surface area contributed by atoms with Crippen LogP contribution in [0, 0.1) is 0 Å². The van der Waals surface area contributed by atoms with Crippen molar-refractivity contribution in [3.05, 3.63) is 22.7 Å². The van der Waals surface area contributed by atoms with Gasteiger partial charge in [-0.05, 0) is 43.6 Å². The topological polar surface area (TPSA) is 33.7 Å². The summed E-state index contributed by atoms with van der Waals surface area (Å²) in [5.74, 6) is 1.45. The number of likely N-dealkylation sites (N-methyl/N-ethyl adjacent to an activating group) is 1. The van der Waals surface area contributed by atoms with Crippen LogP contribution in [-0.2, 0) is 6.54 Å². The molecule has 4 nitrogen and oxygen atoms in total. The van der Waals surface area contributed by atoms with E-state index in [-0.39, 0.29) is 0 Å². The summed E-state index contributed by atoms with van der Waals surface area (Å²) in [5, 5.41) is 4.28. The van der Waals surface area contributed by atoms with Gasteiger partial charge in [-0.2, -0.15) is 0 Å². The molecule has 1 aromatic rings. The Morgan fingerprint density at radius 1 is 1.33 bits per heavy atom. The van der Waals surface area contributed by atoms with Gasteiger partial charge in [0, 0.05) is 19.1 Å². The van der Waals surface area contributed by atoms with Crippen molar-refractivity contribution in [3.8, 4) is 11.5 Å². The lowest BCUT2D eigenvalue weighted by atomic mass is 10.1. The van der Waals surface area contributed by atoms with Gasteiger partial charge < -0.3 is 19.7 Å². The van der Waals surface area contributed by atoms with Crippen LogP contribution in [0.3, 0.4) is 0 Å². The molecule has 0 bridgehead atoms. The minimum Gasteiger partial charge on any atom is -0.486 e. The minimum atomic E-state index is 0.561. The lowest BCUT2D eigenvalue weighted by molar-refractivity contribution is 0.171. The molecule has 0 aliphatic carbocycles. The van der Waals surface area contributed by atoms with Gasteiger partial charge in [-0.25, -0.2) is 0 Å². The smallest absolute Gasteiger partial charge is 0.179 e. The first-order valence-corrected chi connectivity index (χ1v) is 8.18. The molecular weight excluding hydrogens is 288 g/mol. The van der Waals surface area contributed by atoms with Gasteiger partial charge in [0.2, 0.25) is 0 Å². The van der Waals surface area contributed by atoms with E-state index in [1.807, 2.05) is 12.1 Å². The predicted octanol–water partition coefficient (Wildman–Crippen LogP) is 2.69. The van der Waals surface area contributed by atoms with Crippen LogP contribution in [0.1, 0.15) is 25.3 Å². The highest BCUT2D eigenvalue weighted by Gasteiger charge is 2.19. The second kappa shape index (κ2) is 6.86. The maximum Gasteiger partial charge on any atom is 0.179 e. The lowest BCUT2D eigenvalue weighted by Crippen LogP contribution is -2.45. The van der Waals surface area contributed by atoms with Crippen molar-refractivity contribution < 1.29 is 9.47 Å². The molecule has 2 aliphatic rings. The van der Waals surface area contributed by atoms with Crippen LogP contribution in [0.5, 0.6) is 11.5 Å². The maximum absolute atomic E-state index is 6.27. The van der Waals surface area contributed by atoms with Gasteiger partial charge in [-0.1, -0.05) is 18.5 Å². The summed E-state index contributed by atoms with van der Waals surface area (Å²) in [5.41, 5.74) is 1.15. The summed E-state index contributed by atoms with van der Waals surface area (Å²) in [6, 6.07) is 4.57. The molecule has 21 heavy (non-hydrogen) atoms. The third kappa shape index (κ3) is 3.62. The van der Waals surface area contributed by atoms with Crippen LogP contribution in [0.15, 0.2) is 12.1 Å². The molecule has 116 valence electrons. The van der Waals surface area contributed by atoms with Crippen molar-refractivity contribution in [2.24, 2.45) is 0 Å². The highest BCUT2D eigenvalue weighted by Crippen LogP contribution is 2.38. The standard InChI is InChI=1S/C16H23ClN2O2/c1-2-19-5-3-4-13(11-19)18-10-12-8-14(17)16-15(9-12)20-6-7-21-16/h8-9,13,18H,2-7,10-11H2,1H3. The number of likely N-dealkylation sites (tertiary alicyclic amines) is 1. The molecule has 1 saturated heterocycles. The molecule has 1 fully saturated rings. The molecule has 1 unspecified atom stereocenters. The average molecular weight is 311 g/mol. The van der Waals surface area contributed by atoms with Gasteiger partial charge in [-0.3, -0.25) is 0 Å². The second-order valence-electron chi connectivity index (χ2n) is 5.72. The van der Waals surface area contributed by atoms with Crippen molar-refractivity contribution in [1.82, 2.24) is 10.2 Å². The largest absolute Gasteiger partial charge is 0.486 e. The Bertz CT molecular complexity index is 495. The predicted molar refractivity (Wildman–Crippen MR) is 84.4 cm³/mol. The van der Waals surface area contributed by atoms with Crippen LogP contribution < -0.4 is 14.8 Å². The first-order valence-electron chi connectivity index (χ1n) is 7.80. The first kappa shape index (κ1) is 14.9. The number of nitrogens with one attached hydrogen (secondary N) is 1. The molecule has 1 aromatic carbocycles. The molecule has 2 aliphatic heterocycles. The Kier molecular flexibility index (Phi) is 4.88. The zero-order valence-electron chi connectivity index (χ0n) is 12.5. The van der Waals surface area contributed by atoms with Crippen LogP contribution >= 0.6 is 11.6 Å². The minimum absolute atomic E-state index is 0.561. The number of hydrogen-bond acceptors (Lipinski definition) is 4. The van der Waals surface area contributed by atoms with Gasteiger partial charge in [0.1, 0.15) is 13.2 Å². The number of rotatable bonds is 4. The Morgan fingerprint density at radius 3 is 3.05 bits per heavy atom. The SMILES string of the molecule is CCN1CCCC(NCc2cc(Cl)c3c(c2)OCCO3)C1. The Hall–Kier alpha value is -0.970. The fourth-order valence-electron chi connectivity index (χ4n) is 3.04. The van der Waals surface area contributed by atoms with Crippen molar-refractivity contribution in [2.45, 2.75) is 32.4 Å². The third-order valence-corrected chi connectivity index (χ3v) is 4.48. The van der Waals surface area contributed by atoms with E-state index < -0.39 is 0 Å². The van der Waals surface area contributed by atoms with E-state index in [1.165, 1.54) is 19.4 Å². The summed E-state index contributed by atoms with van der Waals surface area (Å²) < 4.78 is 11.2. The van der Waals surface area contributed by atoms with Crippen LogP contribution in [0.25, 0.3) is 0 Å². The van der Waals surface area contributed by atoms with Gasteiger partial charge in [0.15, 0.2) is 11.5 Å². The van der Waals surface area contributed by atoms with Gasteiger partial charge in [-0.15, -0.1) is 0 Å².